The molecule has 0 bridgehead atoms. The van der Waals surface area contributed by atoms with E-state index < -0.39 is 0 Å². The molecule has 29 heavy (non-hydrogen) atoms. The van der Waals surface area contributed by atoms with E-state index in [9.17, 15) is 4.79 Å². The molecule has 1 amide bonds. The number of ether oxygens (including phenoxy) is 1. The van der Waals surface area contributed by atoms with Gasteiger partial charge in [-0.1, -0.05) is 65.3 Å². The molecule has 8 heteroatoms. The third kappa shape index (κ3) is 3.80. The lowest BCUT2D eigenvalue weighted by atomic mass is 10.1. The van der Waals surface area contributed by atoms with Gasteiger partial charge in [0.1, 0.15) is 11.4 Å². The molecule has 1 aliphatic heterocycles. The number of rotatable bonds is 5. The molecule has 0 N–H and O–H groups in total. The van der Waals surface area contributed by atoms with E-state index in [1.807, 2.05) is 36.6 Å². The van der Waals surface area contributed by atoms with Crippen LogP contribution in [0.4, 0.5) is 0 Å². The lowest BCUT2D eigenvalue weighted by molar-refractivity contribution is 0.0762. The van der Waals surface area contributed by atoms with Gasteiger partial charge in [-0.05, 0) is 24.0 Å². The Balaban J connectivity index is 1.81. The van der Waals surface area contributed by atoms with E-state index in [0.29, 0.717) is 51.0 Å². The first-order chi connectivity index (χ1) is 14.0. The quantitative estimate of drug-likeness (QED) is 0.391. The third-order valence-electron chi connectivity index (χ3n) is 4.72. The van der Waals surface area contributed by atoms with Gasteiger partial charge in [0.2, 0.25) is 0 Å². The molecule has 0 radical (unpaired) electrons. The van der Waals surface area contributed by atoms with Gasteiger partial charge in [-0.2, -0.15) is 0 Å². The first-order valence-corrected chi connectivity index (χ1v) is 10.8. The molecule has 0 fully saturated rings. The molecule has 1 aromatic heterocycles. The highest BCUT2D eigenvalue weighted by atomic mass is 35.5. The summed E-state index contributed by atoms with van der Waals surface area (Å²) >= 11 is 14.1. The van der Waals surface area contributed by atoms with E-state index >= 15 is 0 Å². The average Bonchev–Trinajstić information content (AvgIpc) is 3.04. The van der Waals surface area contributed by atoms with Crippen molar-refractivity contribution in [1.29, 1.82) is 0 Å². The summed E-state index contributed by atoms with van der Waals surface area (Å²) in [6, 6.07) is 13.2. The number of aromatic nitrogens is 2. The average molecular weight is 446 g/mol. The second-order valence-electron chi connectivity index (χ2n) is 6.50. The van der Waals surface area contributed by atoms with E-state index in [-0.39, 0.29) is 5.91 Å². The molecule has 2 aromatic carbocycles. The van der Waals surface area contributed by atoms with Crippen LogP contribution in [-0.2, 0) is 13.1 Å². The topological polar surface area (TPSA) is 55.3 Å². The maximum atomic E-state index is 13.1. The Labute approximate surface area is 183 Å². The van der Waals surface area contributed by atoms with Gasteiger partial charge in [0.15, 0.2) is 5.16 Å². The summed E-state index contributed by atoms with van der Waals surface area (Å²) in [4.78, 5) is 24.0. The van der Waals surface area contributed by atoms with Crippen molar-refractivity contribution in [2.24, 2.45) is 0 Å². The molecule has 0 aliphatic carbocycles. The van der Waals surface area contributed by atoms with E-state index in [4.69, 9.17) is 27.9 Å². The number of fused-ring (bicyclic) bond motifs is 1. The van der Waals surface area contributed by atoms with Crippen LogP contribution < -0.4 is 4.74 Å². The van der Waals surface area contributed by atoms with Gasteiger partial charge in [0, 0.05) is 17.7 Å². The Bertz CT molecular complexity index is 1090. The van der Waals surface area contributed by atoms with Crippen molar-refractivity contribution < 1.29 is 9.53 Å². The highest BCUT2D eigenvalue weighted by molar-refractivity contribution is 7.98. The zero-order chi connectivity index (χ0) is 20.5. The van der Waals surface area contributed by atoms with Crippen LogP contribution in [0.15, 0.2) is 47.6 Å². The normalized spacial score (nSPS) is 13.0. The minimum Gasteiger partial charge on any atom is -0.495 e. The minimum atomic E-state index is -0.111. The number of carbonyl (C=O) groups is 1. The van der Waals surface area contributed by atoms with E-state index in [1.54, 1.807) is 24.1 Å². The third-order valence-corrected chi connectivity index (χ3v) is 5.88. The summed E-state index contributed by atoms with van der Waals surface area (Å²) in [7, 11) is 1.54. The smallest absolute Gasteiger partial charge is 0.273 e. The molecule has 148 valence electrons. The van der Waals surface area contributed by atoms with Crippen LogP contribution in [0.1, 0.15) is 21.6 Å². The monoisotopic (exact) mass is 445 g/mol. The highest BCUT2D eigenvalue weighted by Crippen LogP contribution is 2.40. The van der Waals surface area contributed by atoms with Crippen LogP contribution in [0.25, 0.3) is 11.3 Å². The summed E-state index contributed by atoms with van der Waals surface area (Å²) in [5, 5.41) is 1.37. The van der Waals surface area contributed by atoms with Crippen molar-refractivity contribution in [3.8, 4) is 17.0 Å². The van der Waals surface area contributed by atoms with Crippen molar-refractivity contribution in [3.63, 3.8) is 0 Å². The number of thioether (sulfide) groups is 1. The Morgan fingerprint density at radius 3 is 2.52 bits per heavy atom. The second kappa shape index (κ2) is 8.22. The standard InChI is InChI=1S/C21H17Cl2N3O2S/c1-28-17-8-13(15(22)9-16(17)23)18-14-11-26(10-12-6-4-3-5-7-12)20(27)19(14)25-21(24-18)29-2/h3-9H,10-11H2,1-2H3. The fraction of sp³-hybridized carbons (Fsp3) is 0.190. The molecule has 4 rings (SSSR count). The number of amides is 1. The summed E-state index contributed by atoms with van der Waals surface area (Å²) < 4.78 is 5.34. The molecule has 1 aliphatic rings. The number of halogens is 2. The van der Waals surface area contributed by atoms with Gasteiger partial charge in [0.25, 0.3) is 5.91 Å². The largest absolute Gasteiger partial charge is 0.495 e. The Kier molecular flexibility index (Phi) is 5.67. The molecule has 0 saturated heterocycles. The number of carbonyl (C=O) groups excluding carboxylic acids is 1. The van der Waals surface area contributed by atoms with Gasteiger partial charge in [-0.15, -0.1) is 0 Å². The van der Waals surface area contributed by atoms with Gasteiger partial charge in [0.05, 0.1) is 29.4 Å². The SMILES string of the molecule is COc1cc(-c2nc(SC)nc3c2CN(Cc2ccccc2)C3=O)c(Cl)cc1Cl. The molecule has 0 spiro atoms. The molecule has 0 atom stereocenters. The van der Waals surface area contributed by atoms with Gasteiger partial charge in [-0.3, -0.25) is 4.79 Å². The van der Waals surface area contributed by atoms with E-state index in [2.05, 4.69) is 9.97 Å². The number of hydrogen-bond donors (Lipinski definition) is 0. The summed E-state index contributed by atoms with van der Waals surface area (Å²) in [5.74, 6) is 0.384. The van der Waals surface area contributed by atoms with Crippen molar-refractivity contribution in [2.45, 2.75) is 18.2 Å². The predicted molar refractivity (Wildman–Crippen MR) is 116 cm³/mol. The lowest BCUT2D eigenvalue weighted by Gasteiger charge is -2.15. The summed E-state index contributed by atoms with van der Waals surface area (Å²) in [5.41, 5.74) is 3.52. The van der Waals surface area contributed by atoms with E-state index in [0.717, 1.165) is 11.1 Å². The van der Waals surface area contributed by atoms with Crippen molar-refractivity contribution >= 4 is 40.9 Å². The van der Waals surface area contributed by atoms with Crippen LogP contribution >= 0.6 is 35.0 Å². The Hall–Kier alpha value is -2.28. The van der Waals surface area contributed by atoms with Crippen LogP contribution in [0.3, 0.4) is 0 Å². The molecular formula is C21H17Cl2N3O2S. The Morgan fingerprint density at radius 1 is 1.10 bits per heavy atom. The lowest BCUT2D eigenvalue weighted by Crippen LogP contribution is -2.23. The van der Waals surface area contributed by atoms with E-state index in [1.165, 1.54) is 11.8 Å². The molecule has 3 aromatic rings. The van der Waals surface area contributed by atoms with Crippen molar-refractivity contribution in [3.05, 3.63) is 69.3 Å². The number of nitrogens with zero attached hydrogens (tertiary/aromatic N) is 3. The number of hydrogen-bond acceptors (Lipinski definition) is 5. The van der Waals surface area contributed by atoms with Gasteiger partial charge >= 0.3 is 0 Å². The first-order valence-electron chi connectivity index (χ1n) is 8.83. The summed E-state index contributed by atoms with van der Waals surface area (Å²) in [6.45, 7) is 0.913. The molecular weight excluding hydrogens is 429 g/mol. The van der Waals surface area contributed by atoms with Gasteiger partial charge in [-0.25, -0.2) is 9.97 Å². The number of methoxy groups -OCH3 is 1. The predicted octanol–water partition coefficient (Wildman–Crippen LogP) is 5.34. The fourth-order valence-corrected chi connectivity index (χ4v) is 4.23. The van der Waals surface area contributed by atoms with Crippen molar-refractivity contribution in [2.75, 3.05) is 13.4 Å². The second-order valence-corrected chi connectivity index (χ2v) is 8.09. The maximum Gasteiger partial charge on any atom is 0.273 e. The highest BCUT2D eigenvalue weighted by Gasteiger charge is 2.33. The van der Waals surface area contributed by atoms with Crippen LogP contribution in [0, 0.1) is 0 Å². The molecule has 5 nitrogen and oxygen atoms in total. The molecule has 0 saturated carbocycles. The van der Waals surface area contributed by atoms with Crippen LogP contribution in [-0.4, -0.2) is 34.1 Å². The molecule has 2 heterocycles. The van der Waals surface area contributed by atoms with Crippen LogP contribution in [0.2, 0.25) is 10.0 Å². The fourth-order valence-electron chi connectivity index (χ4n) is 3.32. The minimum absolute atomic E-state index is 0.111. The first kappa shape index (κ1) is 20.0. The zero-order valence-electron chi connectivity index (χ0n) is 15.8. The van der Waals surface area contributed by atoms with Crippen molar-refractivity contribution in [1.82, 2.24) is 14.9 Å². The van der Waals surface area contributed by atoms with Gasteiger partial charge < -0.3 is 9.64 Å². The molecule has 0 unspecified atom stereocenters. The van der Waals surface area contributed by atoms with Crippen LogP contribution in [0.5, 0.6) is 5.75 Å². The summed E-state index contributed by atoms with van der Waals surface area (Å²) in [6.07, 6.45) is 1.87. The number of benzene rings is 2. The zero-order valence-corrected chi connectivity index (χ0v) is 18.1. The Morgan fingerprint density at radius 2 is 1.83 bits per heavy atom. The maximum absolute atomic E-state index is 13.1.